The van der Waals surface area contributed by atoms with Gasteiger partial charge in [-0.3, -0.25) is 19.3 Å². The molecule has 6 nitrogen and oxygen atoms in total. The standard InChI is InChI=1S/C22H24N2O4S/c1-22(2)21(27)24(13-19(25)23-15-6-3-4-7-15)16-12-14(9-10-17(16)28-22)20(26)18-8-5-11-29-18/h5,8-12,15H,3-4,6-7,13H2,1-2H3,(H,23,25). The van der Waals surface area contributed by atoms with E-state index < -0.39 is 5.60 Å². The maximum Gasteiger partial charge on any atom is 0.271 e. The molecule has 1 saturated carbocycles. The summed E-state index contributed by atoms with van der Waals surface area (Å²) >= 11 is 1.37. The Labute approximate surface area is 173 Å². The van der Waals surface area contributed by atoms with Crippen LogP contribution in [0.3, 0.4) is 0 Å². The molecule has 2 amide bonds. The van der Waals surface area contributed by atoms with Crippen LogP contribution >= 0.6 is 11.3 Å². The average Bonchev–Trinajstić information content (AvgIpc) is 3.38. The number of nitrogens with zero attached hydrogens (tertiary/aromatic N) is 1. The molecule has 0 radical (unpaired) electrons. The van der Waals surface area contributed by atoms with E-state index >= 15 is 0 Å². The molecule has 0 bridgehead atoms. The van der Waals surface area contributed by atoms with Crippen molar-refractivity contribution in [1.29, 1.82) is 0 Å². The van der Waals surface area contributed by atoms with Gasteiger partial charge in [0.1, 0.15) is 12.3 Å². The van der Waals surface area contributed by atoms with E-state index in [0.717, 1.165) is 25.7 Å². The van der Waals surface area contributed by atoms with Gasteiger partial charge in [-0.15, -0.1) is 11.3 Å². The van der Waals surface area contributed by atoms with E-state index in [4.69, 9.17) is 4.74 Å². The maximum atomic E-state index is 13.0. The number of rotatable bonds is 5. The quantitative estimate of drug-likeness (QED) is 0.762. The van der Waals surface area contributed by atoms with Gasteiger partial charge in [0.15, 0.2) is 5.60 Å². The van der Waals surface area contributed by atoms with E-state index in [2.05, 4.69) is 5.32 Å². The van der Waals surface area contributed by atoms with Gasteiger partial charge in [0.2, 0.25) is 11.7 Å². The van der Waals surface area contributed by atoms with Crippen molar-refractivity contribution in [3.8, 4) is 5.75 Å². The molecule has 1 N–H and O–H groups in total. The topological polar surface area (TPSA) is 75.7 Å². The molecule has 2 aromatic rings. The Morgan fingerprint density at radius 1 is 1.24 bits per heavy atom. The van der Waals surface area contributed by atoms with Crippen LogP contribution in [0.4, 0.5) is 5.69 Å². The van der Waals surface area contributed by atoms with Gasteiger partial charge in [-0.2, -0.15) is 0 Å². The molecular formula is C22H24N2O4S. The third kappa shape index (κ3) is 3.92. The van der Waals surface area contributed by atoms with Crippen LogP contribution in [0.1, 0.15) is 54.8 Å². The predicted molar refractivity (Wildman–Crippen MR) is 112 cm³/mol. The SMILES string of the molecule is CC1(C)Oc2ccc(C(=O)c3cccs3)cc2N(CC(=O)NC2CCCC2)C1=O. The van der Waals surface area contributed by atoms with Crippen LogP contribution in [0, 0.1) is 0 Å². The first-order valence-corrected chi connectivity index (χ1v) is 10.8. The first-order valence-electron chi connectivity index (χ1n) is 9.88. The first-order chi connectivity index (χ1) is 13.8. The molecule has 1 aliphatic carbocycles. The minimum Gasteiger partial charge on any atom is -0.476 e. The summed E-state index contributed by atoms with van der Waals surface area (Å²) in [4.78, 5) is 40.5. The number of carbonyl (C=O) groups excluding carboxylic acids is 3. The minimum absolute atomic E-state index is 0.0915. The van der Waals surface area contributed by atoms with Crippen molar-refractivity contribution in [3.05, 3.63) is 46.2 Å². The summed E-state index contributed by atoms with van der Waals surface area (Å²) < 4.78 is 5.87. The molecule has 1 aromatic heterocycles. The highest BCUT2D eigenvalue weighted by Crippen LogP contribution is 2.38. The zero-order valence-corrected chi connectivity index (χ0v) is 17.4. The third-order valence-corrected chi connectivity index (χ3v) is 6.27. The van der Waals surface area contributed by atoms with Gasteiger partial charge in [0, 0.05) is 11.6 Å². The number of benzene rings is 1. The Morgan fingerprint density at radius 3 is 2.69 bits per heavy atom. The third-order valence-electron chi connectivity index (χ3n) is 5.40. The number of amides is 2. The summed E-state index contributed by atoms with van der Waals surface area (Å²) in [6.07, 6.45) is 4.19. The summed E-state index contributed by atoms with van der Waals surface area (Å²) in [5.41, 5.74) is -0.165. The zero-order valence-electron chi connectivity index (χ0n) is 16.6. The number of hydrogen-bond acceptors (Lipinski definition) is 5. The normalized spacial score (nSPS) is 18.3. The Bertz CT molecular complexity index is 946. The lowest BCUT2D eigenvalue weighted by Gasteiger charge is -2.38. The highest BCUT2D eigenvalue weighted by Gasteiger charge is 2.42. The molecule has 0 saturated heterocycles. The molecule has 2 heterocycles. The first kappa shape index (κ1) is 19.6. The van der Waals surface area contributed by atoms with Gasteiger partial charge in [-0.25, -0.2) is 0 Å². The molecule has 4 rings (SSSR count). The van der Waals surface area contributed by atoms with Crippen LogP contribution in [0.5, 0.6) is 5.75 Å². The van der Waals surface area contributed by atoms with Gasteiger partial charge in [0.25, 0.3) is 5.91 Å². The van der Waals surface area contributed by atoms with Crippen LogP contribution in [0.15, 0.2) is 35.7 Å². The zero-order chi connectivity index (χ0) is 20.6. The molecular weight excluding hydrogens is 388 g/mol. The lowest BCUT2D eigenvalue weighted by molar-refractivity contribution is -0.134. The largest absolute Gasteiger partial charge is 0.476 e. The van der Waals surface area contributed by atoms with E-state index in [1.807, 2.05) is 11.4 Å². The fourth-order valence-corrected chi connectivity index (χ4v) is 4.59. The van der Waals surface area contributed by atoms with Gasteiger partial charge in [0.05, 0.1) is 10.6 Å². The molecule has 2 aliphatic rings. The molecule has 1 aromatic carbocycles. The number of nitrogens with one attached hydrogen (secondary N) is 1. The highest BCUT2D eigenvalue weighted by atomic mass is 32.1. The summed E-state index contributed by atoms with van der Waals surface area (Å²) in [6, 6.07) is 8.82. The fourth-order valence-electron chi connectivity index (χ4n) is 3.90. The minimum atomic E-state index is -1.08. The number of ether oxygens (including phenoxy) is 1. The van der Waals surface area contributed by atoms with Crippen molar-refractivity contribution >= 4 is 34.6 Å². The molecule has 0 atom stereocenters. The van der Waals surface area contributed by atoms with Crippen molar-refractivity contribution in [2.45, 2.75) is 51.2 Å². The average molecular weight is 413 g/mol. The van der Waals surface area contributed by atoms with Gasteiger partial charge in [-0.1, -0.05) is 18.9 Å². The lowest BCUT2D eigenvalue weighted by Crippen LogP contribution is -2.55. The Morgan fingerprint density at radius 2 is 2.00 bits per heavy atom. The van der Waals surface area contributed by atoms with Gasteiger partial charge < -0.3 is 10.1 Å². The summed E-state index contributed by atoms with van der Waals surface area (Å²) in [7, 11) is 0. The monoisotopic (exact) mass is 412 g/mol. The van der Waals surface area contributed by atoms with E-state index in [-0.39, 0.29) is 30.2 Å². The van der Waals surface area contributed by atoms with E-state index in [0.29, 0.717) is 21.9 Å². The number of thiophene rings is 1. The summed E-state index contributed by atoms with van der Waals surface area (Å²) in [5, 5.41) is 4.87. The number of anilines is 1. The Hall–Kier alpha value is -2.67. The smallest absolute Gasteiger partial charge is 0.271 e. The molecule has 152 valence electrons. The number of hydrogen-bond donors (Lipinski definition) is 1. The van der Waals surface area contributed by atoms with E-state index in [1.165, 1.54) is 16.2 Å². The summed E-state index contributed by atoms with van der Waals surface area (Å²) in [5.74, 6) is -0.113. The van der Waals surface area contributed by atoms with Gasteiger partial charge in [-0.05, 0) is 56.3 Å². The van der Waals surface area contributed by atoms with Crippen LogP contribution in [0.2, 0.25) is 0 Å². The van der Waals surface area contributed by atoms with Gasteiger partial charge >= 0.3 is 0 Å². The number of fused-ring (bicyclic) bond motifs is 1. The van der Waals surface area contributed by atoms with E-state index in [9.17, 15) is 14.4 Å². The molecule has 1 fully saturated rings. The Balaban J connectivity index is 1.63. The van der Waals surface area contributed by atoms with Crippen LogP contribution in [-0.2, 0) is 9.59 Å². The molecule has 1 aliphatic heterocycles. The van der Waals surface area contributed by atoms with Crippen LogP contribution in [0.25, 0.3) is 0 Å². The maximum absolute atomic E-state index is 13.0. The molecule has 0 unspecified atom stereocenters. The Kier molecular flexibility index (Phi) is 5.17. The second kappa shape index (κ2) is 7.63. The highest BCUT2D eigenvalue weighted by molar-refractivity contribution is 7.12. The second-order valence-corrected chi connectivity index (χ2v) is 8.99. The molecule has 29 heavy (non-hydrogen) atoms. The van der Waals surface area contributed by atoms with Crippen molar-refractivity contribution in [1.82, 2.24) is 5.32 Å². The predicted octanol–water partition coefficient (Wildman–Crippen LogP) is 3.54. The second-order valence-electron chi connectivity index (χ2n) is 8.04. The molecule has 7 heteroatoms. The van der Waals surface area contributed by atoms with Crippen molar-refractivity contribution in [2.24, 2.45) is 0 Å². The van der Waals surface area contributed by atoms with Crippen molar-refractivity contribution in [3.63, 3.8) is 0 Å². The fraction of sp³-hybridized carbons (Fsp3) is 0.409. The van der Waals surface area contributed by atoms with Crippen molar-refractivity contribution < 1.29 is 19.1 Å². The van der Waals surface area contributed by atoms with Crippen molar-refractivity contribution in [2.75, 3.05) is 11.4 Å². The summed E-state index contributed by atoms with van der Waals surface area (Å²) in [6.45, 7) is 3.28. The molecule has 0 spiro atoms. The number of ketones is 1. The van der Waals surface area contributed by atoms with Crippen LogP contribution in [-0.4, -0.2) is 35.8 Å². The lowest BCUT2D eigenvalue weighted by atomic mass is 10.0. The number of carbonyl (C=O) groups is 3. The van der Waals surface area contributed by atoms with E-state index in [1.54, 1.807) is 38.1 Å². The van der Waals surface area contributed by atoms with Crippen LogP contribution < -0.4 is 15.0 Å².